The molecule has 9 nitrogen and oxygen atoms in total. The van der Waals surface area contributed by atoms with E-state index in [4.69, 9.17) is 10.6 Å². The van der Waals surface area contributed by atoms with Crippen molar-refractivity contribution in [2.24, 2.45) is 0 Å². The Morgan fingerprint density at radius 3 is 2.71 bits per heavy atom. The number of carbonyl (C=O) groups is 1. The van der Waals surface area contributed by atoms with Crippen LogP contribution in [0.15, 0.2) is 52.0 Å². The number of fused-ring (bicyclic) bond motifs is 1. The second-order valence-electron chi connectivity index (χ2n) is 7.55. The van der Waals surface area contributed by atoms with Crippen LogP contribution in [-0.4, -0.2) is 44.4 Å². The molecule has 0 bridgehead atoms. The fraction of sp³-hybridized carbons (Fsp3) is 0.304. The zero-order valence-electron chi connectivity index (χ0n) is 19.5. The average Bonchev–Trinajstić information content (AvgIpc) is 3.44. The van der Waals surface area contributed by atoms with Gasteiger partial charge in [-0.15, -0.1) is 21.5 Å². The van der Waals surface area contributed by atoms with E-state index in [9.17, 15) is 4.79 Å². The van der Waals surface area contributed by atoms with Gasteiger partial charge in [-0.3, -0.25) is 4.79 Å². The normalized spacial score (nSPS) is 11.0. The molecule has 184 valence electrons. The fourth-order valence-electron chi connectivity index (χ4n) is 3.09. The summed E-state index contributed by atoms with van der Waals surface area (Å²) in [5.41, 5.74) is 2.61. The van der Waals surface area contributed by atoms with E-state index in [1.165, 1.54) is 29.3 Å². The zero-order chi connectivity index (χ0) is 24.6. The van der Waals surface area contributed by atoms with Crippen molar-refractivity contribution in [1.82, 2.24) is 19.9 Å². The van der Waals surface area contributed by atoms with Crippen molar-refractivity contribution in [2.75, 3.05) is 35.1 Å². The number of nitrogens with one attached hydrogen (secondary N) is 2. The standard InChI is InChI=1S/C23H27N7O2S3/c1-3-4-11-33-23-27-18-10-7-16(12-19(18)35-23)26-21(31)14-34-22-29-28-20(30(22)24)13-25-15-5-8-17(32-2)9-6-15/h5-10,12,25H,3-4,11,13-14,24H2,1-2H3,(H,26,31). The molecule has 4 rings (SSSR count). The summed E-state index contributed by atoms with van der Waals surface area (Å²) in [4.78, 5) is 17.2. The highest BCUT2D eigenvalue weighted by Crippen LogP contribution is 2.31. The smallest absolute Gasteiger partial charge is 0.234 e. The number of thiazole rings is 1. The number of anilines is 2. The zero-order valence-corrected chi connectivity index (χ0v) is 21.9. The van der Waals surface area contributed by atoms with E-state index in [0.717, 1.165) is 37.4 Å². The molecule has 2 aromatic carbocycles. The highest BCUT2D eigenvalue weighted by molar-refractivity contribution is 8.01. The van der Waals surface area contributed by atoms with Gasteiger partial charge < -0.3 is 21.2 Å². The molecule has 0 aliphatic carbocycles. The van der Waals surface area contributed by atoms with Crippen LogP contribution in [0.3, 0.4) is 0 Å². The SMILES string of the molecule is CCCCSc1nc2ccc(NC(=O)CSc3nnc(CNc4ccc(OC)cc4)n3N)cc2s1. The summed E-state index contributed by atoms with van der Waals surface area (Å²) >= 11 is 4.67. The largest absolute Gasteiger partial charge is 0.497 e. The van der Waals surface area contributed by atoms with Crippen LogP contribution in [0, 0.1) is 0 Å². The maximum atomic E-state index is 12.5. The van der Waals surface area contributed by atoms with E-state index in [2.05, 4.69) is 32.7 Å². The maximum absolute atomic E-state index is 12.5. The van der Waals surface area contributed by atoms with E-state index in [-0.39, 0.29) is 11.7 Å². The van der Waals surface area contributed by atoms with Gasteiger partial charge in [0.2, 0.25) is 11.1 Å². The molecule has 0 saturated carbocycles. The Balaban J connectivity index is 1.28. The number of amides is 1. The number of ether oxygens (including phenoxy) is 1. The lowest BCUT2D eigenvalue weighted by atomic mass is 10.3. The third-order valence-electron chi connectivity index (χ3n) is 4.98. The average molecular weight is 530 g/mol. The molecular formula is C23H27N7O2S3. The lowest BCUT2D eigenvalue weighted by Crippen LogP contribution is -2.18. The first-order chi connectivity index (χ1) is 17.1. The van der Waals surface area contributed by atoms with Gasteiger partial charge in [0.25, 0.3) is 0 Å². The third-order valence-corrected chi connectivity index (χ3v) is 8.17. The minimum atomic E-state index is -0.141. The molecule has 0 atom stereocenters. The van der Waals surface area contributed by atoms with Crippen LogP contribution in [0.4, 0.5) is 11.4 Å². The Morgan fingerprint density at radius 1 is 1.14 bits per heavy atom. The molecule has 4 N–H and O–H groups in total. The minimum absolute atomic E-state index is 0.141. The molecule has 35 heavy (non-hydrogen) atoms. The van der Waals surface area contributed by atoms with Crippen LogP contribution >= 0.6 is 34.9 Å². The number of carbonyl (C=O) groups excluding carboxylic acids is 1. The first-order valence-corrected chi connectivity index (χ1v) is 13.9. The van der Waals surface area contributed by atoms with Gasteiger partial charge in [0.05, 0.1) is 29.6 Å². The number of thioether (sulfide) groups is 2. The van der Waals surface area contributed by atoms with E-state index >= 15 is 0 Å². The predicted octanol–water partition coefficient (Wildman–Crippen LogP) is 4.85. The predicted molar refractivity (Wildman–Crippen MR) is 145 cm³/mol. The number of aromatic nitrogens is 4. The molecule has 1 amide bonds. The number of benzene rings is 2. The summed E-state index contributed by atoms with van der Waals surface area (Å²) in [5.74, 6) is 8.58. The Morgan fingerprint density at radius 2 is 1.94 bits per heavy atom. The number of nitrogen functional groups attached to an aromatic ring is 1. The Bertz CT molecular complexity index is 1270. The van der Waals surface area contributed by atoms with Crippen LogP contribution < -0.4 is 21.2 Å². The molecule has 0 aliphatic rings. The highest BCUT2D eigenvalue weighted by atomic mass is 32.2. The second kappa shape index (κ2) is 12.1. The number of unbranched alkanes of at least 4 members (excludes halogenated alkanes) is 1. The van der Waals surface area contributed by atoms with Crippen LogP contribution in [-0.2, 0) is 11.3 Å². The molecule has 0 saturated heterocycles. The molecular weight excluding hydrogens is 503 g/mol. The lowest BCUT2D eigenvalue weighted by molar-refractivity contribution is -0.113. The van der Waals surface area contributed by atoms with Gasteiger partial charge >= 0.3 is 0 Å². The van der Waals surface area contributed by atoms with Crippen molar-refractivity contribution < 1.29 is 9.53 Å². The van der Waals surface area contributed by atoms with Crippen molar-refractivity contribution in [1.29, 1.82) is 0 Å². The first kappa shape index (κ1) is 25.1. The summed E-state index contributed by atoms with van der Waals surface area (Å²) in [6, 6.07) is 13.3. The van der Waals surface area contributed by atoms with E-state index in [0.29, 0.717) is 17.5 Å². The molecule has 2 aromatic heterocycles. The number of hydrogen-bond acceptors (Lipinski definition) is 10. The molecule has 4 aromatic rings. The summed E-state index contributed by atoms with van der Waals surface area (Å²) in [5, 5.41) is 14.9. The van der Waals surface area contributed by atoms with Gasteiger partial charge in [0.1, 0.15) is 5.75 Å². The summed E-state index contributed by atoms with van der Waals surface area (Å²) in [6.45, 7) is 2.58. The molecule has 0 radical (unpaired) electrons. The summed E-state index contributed by atoms with van der Waals surface area (Å²) in [6.07, 6.45) is 2.35. The quantitative estimate of drug-likeness (QED) is 0.134. The van der Waals surface area contributed by atoms with E-state index < -0.39 is 0 Å². The molecule has 2 heterocycles. The van der Waals surface area contributed by atoms with E-state index in [1.807, 2.05) is 42.5 Å². The number of nitrogens with two attached hydrogens (primary N) is 1. The Kier molecular flexibility index (Phi) is 8.72. The highest BCUT2D eigenvalue weighted by Gasteiger charge is 2.13. The number of nitrogens with zero attached hydrogens (tertiary/aromatic N) is 4. The van der Waals surface area contributed by atoms with Gasteiger partial charge in [-0.25, -0.2) is 9.66 Å². The topological polar surface area (TPSA) is 120 Å². The van der Waals surface area contributed by atoms with Crippen LogP contribution in [0.25, 0.3) is 10.2 Å². The van der Waals surface area contributed by atoms with Gasteiger partial charge in [0.15, 0.2) is 10.2 Å². The fourth-order valence-corrected chi connectivity index (χ4v) is 6.03. The van der Waals surface area contributed by atoms with Gasteiger partial charge in [0, 0.05) is 17.1 Å². The molecule has 0 aliphatic heterocycles. The third kappa shape index (κ3) is 6.80. The first-order valence-electron chi connectivity index (χ1n) is 11.1. The lowest BCUT2D eigenvalue weighted by Gasteiger charge is -2.08. The van der Waals surface area contributed by atoms with Crippen molar-refractivity contribution in [3.8, 4) is 5.75 Å². The van der Waals surface area contributed by atoms with Crippen molar-refractivity contribution in [3.63, 3.8) is 0 Å². The van der Waals surface area contributed by atoms with Crippen molar-refractivity contribution >= 4 is 62.4 Å². The summed E-state index contributed by atoms with van der Waals surface area (Å²) in [7, 11) is 1.63. The van der Waals surface area contributed by atoms with Crippen LogP contribution in [0.2, 0.25) is 0 Å². The van der Waals surface area contributed by atoms with Gasteiger partial charge in [-0.2, -0.15) is 0 Å². The Labute approximate surface area is 216 Å². The maximum Gasteiger partial charge on any atom is 0.234 e. The van der Waals surface area contributed by atoms with E-state index in [1.54, 1.807) is 30.2 Å². The number of methoxy groups -OCH3 is 1. The Hall–Kier alpha value is -2.96. The minimum Gasteiger partial charge on any atom is -0.497 e. The van der Waals surface area contributed by atoms with Gasteiger partial charge in [-0.05, 0) is 48.9 Å². The molecule has 0 spiro atoms. The molecule has 12 heteroatoms. The van der Waals surface area contributed by atoms with Crippen molar-refractivity contribution in [2.45, 2.75) is 35.8 Å². The molecule has 0 unspecified atom stereocenters. The monoisotopic (exact) mass is 529 g/mol. The number of hydrogen-bond donors (Lipinski definition) is 3. The van der Waals surface area contributed by atoms with Crippen LogP contribution in [0.5, 0.6) is 5.75 Å². The second-order valence-corrected chi connectivity index (χ2v) is 10.9. The van der Waals surface area contributed by atoms with Gasteiger partial charge in [-0.1, -0.05) is 36.9 Å². The number of rotatable bonds is 12. The van der Waals surface area contributed by atoms with Crippen LogP contribution in [0.1, 0.15) is 25.6 Å². The summed E-state index contributed by atoms with van der Waals surface area (Å²) < 4.78 is 8.68. The van der Waals surface area contributed by atoms with Crippen molar-refractivity contribution in [3.05, 3.63) is 48.3 Å². The molecule has 0 fully saturated rings.